The average molecular weight is 290 g/mol. The number of hydrogen-bond donors (Lipinski definition) is 0. The first-order valence-corrected chi connectivity index (χ1v) is 7.34. The number of carbonyl (C=O) groups excluding carboxylic acids is 2. The molecule has 0 unspecified atom stereocenters. The van der Waals surface area contributed by atoms with Gasteiger partial charge in [0.1, 0.15) is 5.78 Å². The van der Waals surface area contributed by atoms with Crippen LogP contribution in [0, 0.1) is 11.8 Å². The molecule has 0 saturated heterocycles. The van der Waals surface area contributed by atoms with E-state index < -0.39 is 12.2 Å². The number of carbonyl (C=O) groups is 2. The van der Waals surface area contributed by atoms with Gasteiger partial charge < -0.3 is 9.47 Å². The topological polar surface area (TPSA) is 52.6 Å². The lowest BCUT2D eigenvalue weighted by molar-refractivity contribution is -0.164. The highest BCUT2D eigenvalue weighted by Crippen LogP contribution is 2.30. The lowest BCUT2D eigenvalue weighted by atomic mass is 9.75. The summed E-state index contributed by atoms with van der Waals surface area (Å²) in [6.45, 7) is 0. The van der Waals surface area contributed by atoms with Gasteiger partial charge in [0.2, 0.25) is 6.29 Å². The van der Waals surface area contributed by atoms with E-state index in [1.165, 1.54) is 14.2 Å². The molecule has 0 heterocycles. The molecule has 0 aromatic heterocycles. The van der Waals surface area contributed by atoms with Gasteiger partial charge in [-0.1, -0.05) is 36.8 Å². The van der Waals surface area contributed by atoms with Gasteiger partial charge in [0, 0.05) is 20.1 Å². The van der Waals surface area contributed by atoms with E-state index in [-0.39, 0.29) is 17.5 Å². The van der Waals surface area contributed by atoms with Crippen molar-refractivity contribution in [2.24, 2.45) is 11.8 Å². The lowest BCUT2D eigenvalue weighted by Crippen LogP contribution is -2.41. The van der Waals surface area contributed by atoms with E-state index in [9.17, 15) is 9.59 Å². The van der Waals surface area contributed by atoms with E-state index in [1.807, 2.05) is 30.3 Å². The normalized spacial score (nSPS) is 22.5. The summed E-state index contributed by atoms with van der Waals surface area (Å²) in [6.07, 6.45) is 2.11. The van der Waals surface area contributed by atoms with Crippen molar-refractivity contribution in [3.8, 4) is 0 Å². The van der Waals surface area contributed by atoms with Crippen molar-refractivity contribution >= 4 is 11.6 Å². The second-order valence-corrected chi connectivity index (χ2v) is 5.48. The third kappa shape index (κ3) is 3.77. The Kier molecular flexibility index (Phi) is 5.65. The molecule has 0 bridgehead atoms. The third-order valence-corrected chi connectivity index (χ3v) is 4.12. The molecule has 1 aromatic carbocycles. The highest BCUT2D eigenvalue weighted by atomic mass is 16.7. The third-order valence-electron chi connectivity index (χ3n) is 4.12. The minimum Gasteiger partial charge on any atom is -0.349 e. The molecule has 0 spiro atoms. The van der Waals surface area contributed by atoms with Gasteiger partial charge in [0.05, 0.1) is 5.92 Å². The van der Waals surface area contributed by atoms with Crippen molar-refractivity contribution in [3.63, 3.8) is 0 Å². The van der Waals surface area contributed by atoms with Crippen molar-refractivity contribution in [2.45, 2.75) is 32.0 Å². The van der Waals surface area contributed by atoms with Crippen LogP contribution in [0.25, 0.3) is 0 Å². The molecule has 0 aliphatic heterocycles. The molecule has 0 radical (unpaired) electrons. The van der Waals surface area contributed by atoms with Gasteiger partial charge in [-0.3, -0.25) is 9.59 Å². The predicted molar refractivity (Wildman–Crippen MR) is 78.8 cm³/mol. The minimum absolute atomic E-state index is 0.0363. The van der Waals surface area contributed by atoms with Crippen LogP contribution in [0.3, 0.4) is 0 Å². The maximum atomic E-state index is 12.6. The lowest BCUT2D eigenvalue weighted by Gasteiger charge is -2.28. The molecule has 1 fully saturated rings. The fourth-order valence-electron chi connectivity index (χ4n) is 3.01. The molecule has 2 rings (SSSR count). The van der Waals surface area contributed by atoms with Gasteiger partial charge in [0.25, 0.3) is 0 Å². The van der Waals surface area contributed by atoms with Crippen LogP contribution in [0.1, 0.15) is 24.8 Å². The number of hydrogen-bond acceptors (Lipinski definition) is 4. The number of rotatable bonds is 6. The molecule has 0 amide bonds. The van der Waals surface area contributed by atoms with Gasteiger partial charge >= 0.3 is 0 Å². The number of ether oxygens (including phenoxy) is 2. The summed E-state index contributed by atoms with van der Waals surface area (Å²) >= 11 is 0. The Bertz CT molecular complexity index is 479. The SMILES string of the molecule is COC(OC)C(=O)[C@@H]1CCC[C@@H](Cc2ccccc2)C1=O. The van der Waals surface area contributed by atoms with Crippen LogP contribution in [0.15, 0.2) is 30.3 Å². The Morgan fingerprint density at radius 2 is 1.86 bits per heavy atom. The van der Waals surface area contributed by atoms with Gasteiger partial charge in [-0.05, 0) is 24.8 Å². The van der Waals surface area contributed by atoms with Gasteiger partial charge in [-0.15, -0.1) is 0 Å². The Labute approximate surface area is 125 Å². The van der Waals surface area contributed by atoms with Crippen molar-refractivity contribution < 1.29 is 19.1 Å². The zero-order chi connectivity index (χ0) is 15.2. The maximum absolute atomic E-state index is 12.6. The highest BCUT2D eigenvalue weighted by Gasteiger charge is 2.38. The minimum atomic E-state index is -0.936. The molecule has 1 saturated carbocycles. The van der Waals surface area contributed by atoms with E-state index in [0.717, 1.165) is 18.4 Å². The molecule has 0 N–H and O–H groups in total. The summed E-state index contributed by atoms with van der Waals surface area (Å²) in [4.78, 5) is 24.9. The predicted octanol–water partition coefficient (Wildman–Crippen LogP) is 2.40. The average Bonchev–Trinajstić information content (AvgIpc) is 2.51. The number of methoxy groups -OCH3 is 2. The molecular weight excluding hydrogens is 268 g/mol. The molecule has 1 aromatic rings. The van der Waals surface area contributed by atoms with Gasteiger partial charge in [-0.25, -0.2) is 0 Å². The fourth-order valence-corrected chi connectivity index (χ4v) is 3.01. The van der Waals surface area contributed by atoms with E-state index in [2.05, 4.69) is 0 Å². The zero-order valence-electron chi connectivity index (χ0n) is 12.6. The summed E-state index contributed by atoms with van der Waals surface area (Å²) in [5, 5.41) is 0. The van der Waals surface area contributed by atoms with Crippen molar-refractivity contribution in [2.75, 3.05) is 14.2 Å². The molecule has 1 aliphatic rings. The molecule has 1 aliphatic carbocycles. The first-order valence-electron chi connectivity index (χ1n) is 7.34. The monoisotopic (exact) mass is 290 g/mol. The summed E-state index contributed by atoms with van der Waals surface area (Å²) in [5.41, 5.74) is 1.14. The van der Waals surface area contributed by atoms with Gasteiger partial charge in [-0.2, -0.15) is 0 Å². The van der Waals surface area contributed by atoms with Crippen LogP contribution in [-0.4, -0.2) is 32.1 Å². The maximum Gasteiger partial charge on any atom is 0.218 e. The van der Waals surface area contributed by atoms with Crippen LogP contribution >= 0.6 is 0 Å². The summed E-state index contributed by atoms with van der Waals surface area (Å²) in [7, 11) is 2.83. The van der Waals surface area contributed by atoms with Crippen LogP contribution in [-0.2, 0) is 25.5 Å². The first kappa shape index (κ1) is 15.9. The standard InChI is InChI=1S/C17H22O4/c1-20-17(21-2)16(19)14-10-6-9-13(15(14)18)11-12-7-4-3-5-8-12/h3-5,7-8,13-14,17H,6,9-11H2,1-2H3/t13-,14+/m0/s1. The van der Waals surface area contributed by atoms with E-state index >= 15 is 0 Å². The van der Waals surface area contributed by atoms with E-state index in [1.54, 1.807) is 0 Å². The van der Waals surface area contributed by atoms with Crippen molar-refractivity contribution in [1.29, 1.82) is 0 Å². The van der Waals surface area contributed by atoms with Crippen LogP contribution < -0.4 is 0 Å². The summed E-state index contributed by atoms with van der Waals surface area (Å²) in [5.74, 6) is -0.876. The molecule has 114 valence electrons. The Morgan fingerprint density at radius 3 is 2.48 bits per heavy atom. The fraction of sp³-hybridized carbons (Fsp3) is 0.529. The molecule has 4 heteroatoms. The van der Waals surface area contributed by atoms with E-state index in [0.29, 0.717) is 12.8 Å². The number of Topliss-reactive ketones (excluding diaryl/α,β-unsaturated/α-hetero) is 2. The molecule has 4 nitrogen and oxygen atoms in total. The van der Waals surface area contributed by atoms with Crippen LogP contribution in [0.4, 0.5) is 0 Å². The molecule has 2 atom stereocenters. The Morgan fingerprint density at radius 1 is 1.19 bits per heavy atom. The zero-order valence-corrected chi connectivity index (χ0v) is 12.6. The second-order valence-electron chi connectivity index (χ2n) is 5.48. The van der Waals surface area contributed by atoms with Crippen molar-refractivity contribution in [1.82, 2.24) is 0 Å². The Balaban J connectivity index is 2.06. The van der Waals surface area contributed by atoms with Crippen LogP contribution in [0.2, 0.25) is 0 Å². The van der Waals surface area contributed by atoms with Gasteiger partial charge in [0.15, 0.2) is 5.78 Å². The number of benzene rings is 1. The number of ketones is 2. The Hall–Kier alpha value is -1.52. The van der Waals surface area contributed by atoms with Crippen LogP contribution in [0.5, 0.6) is 0 Å². The smallest absolute Gasteiger partial charge is 0.218 e. The largest absolute Gasteiger partial charge is 0.349 e. The molecular formula is C17H22O4. The summed E-state index contributed by atoms with van der Waals surface area (Å²) < 4.78 is 9.98. The van der Waals surface area contributed by atoms with E-state index in [4.69, 9.17) is 9.47 Å². The molecule has 21 heavy (non-hydrogen) atoms. The van der Waals surface area contributed by atoms with Crippen molar-refractivity contribution in [3.05, 3.63) is 35.9 Å². The highest BCUT2D eigenvalue weighted by molar-refractivity contribution is 6.05. The quantitative estimate of drug-likeness (QED) is 0.596. The first-order chi connectivity index (χ1) is 10.2. The second kappa shape index (κ2) is 7.48. The summed E-state index contributed by atoms with van der Waals surface area (Å²) in [6, 6.07) is 9.94.